The van der Waals surface area contributed by atoms with E-state index in [4.69, 9.17) is 9.16 Å². The topological polar surface area (TPSA) is 59.1 Å². The van der Waals surface area contributed by atoms with Crippen molar-refractivity contribution in [3.63, 3.8) is 0 Å². The van der Waals surface area contributed by atoms with Crippen molar-refractivity contribution < 1.29 is 19.1 Å². The molecular weight excluding hydrogens is 404 g/mol. The Balaban J connectivity index is 1.57. The van der Waals surface area contributed by atoms with Gasteiger partial charge in [-0.3, -0.25) is 4.79 Å². The van der Waals surface area contributed by atoms with E-state index in [0.29, 0.717) is 11.8 Å². The van der Waals surface area contributed by atoms with E-state index in [0.717, 1.165) is 24.8 Å². The van der Waals surface area contributed by atoms with E-state index >= 15 is 0 Å². The highest BCUT2D eigenvalue weighted by molar-refractivity contribution is 6.74. The van der Waals surface area contributed by atoms with Crippen LogP contribution in [0.4, 0.5) is 0 Å². The van der Waals surface area contributed by atoms with Gasteiger partial charge in [-0.05, 0) is 67.1 Å². The summed E-state index contributed by atoms with van der Waals surface area (Å²) in [7, 11) is -2.01. The number of epoxide rings is 1. The van der Waals surface area contributed by atoms with Gasteiger partial charge in [-0.25, -0.2) is 0 Å². The summed E-state index contributed by atoms with van der Waals surface area (Å²) >= 11 is 0. The van der Waals surface area contributed by atoms with Crippen molar-refractivity contribution in [3.05, 3.63) is 12.2 Å². The maximum absolute atomic E-state index is 13.9. The van der Waals surface area contributed by atoms with Gasteiger partial charge in [0.05, 0.1) is 11.5 Å². The Kier molecular flexibility index (Phi) is 4.15. The highest BCUT2D eigenvalue weighted by atomic mass is 28.4. The lowest BCUT2D eigenvalue weighted by molar-refractivity contribution is -0.138. The fraction of sp³-hybridized carbons (Fsp3) is 0.885. The van der Waals surface area contributed by atoms with Crippen LogP contribution in [-0.2, 0) is 14.0 Å². The molecule has 0 unspecified atom stereocenters. The maximum Gasteiger partial charge on any atom is 0.193 e. The molecule has 4 nitrogen and oxygen atoms in total. The third kappa shape index (κ3) is 2.04. The highest BCUT2D eigenvalue weighted by Gasteiger charge is 2.94. The summed E-state index contributed by atoms with van der Waals surface area (Å²) < 4.78 is 13.4. The summed E-state index contributed by atoms with van der Waals surface area (Å²) in [6, 6.07) is 0. The summed E-state index contributed by atoms with van der Waals surface area (Å²) in [5.74, 6) is 0.972. The minimum atomic E-state index is -2.01. The Bertz CT molecular complexity index is 873. The van der Waals surface area contributed by atoms with Crippen LogP contribution in [0.25, 0.3) is 0 Å². The van der Waals surface area contributed by atoms with E-state index in [1.54, 1.807) is 0 Å². The molecule has 0 aromatic carbocycles. The smallest absolute Gasteiger partial charge is 0.193 e. The van der Waals surface area contributed by atoms with Crippen molar-refractivity contribution in [1.82, 2.24) is 0 Å². The molecule has 1 heterocycles. The first-order valence-electron chi connectivity index (χ1n) is 12.3. The molecule has 5 fully saturated rings. The third-order valence-corrected chi connectivity index (χ3v) is 16.1. The van der Waals surface area contributed by atoms with Crippen LogP contribution in [0, 0.1) is 34.0 Å². The minimum Gasteiger partial charge on any atom is -0.407 e. The Labute approximate surface area is 189 Å². The standard InChI is InChI=1S/C26H42O4Si/c1-14(2)16-11-12-25-13-17-15(3)18(30-31(9,10)22(4,5)6)21-26(17,29-21)24(25,8)20(28)19(27)23(16,25)7/h14,16-19,21,27H,3,11-13H2,1-2,4-10H3/t16-,17-,18-,19-,21-,23+,24+,25-,26+/m1/s1. The quantitative estimate of drug-likeness (QED) is 0.372. The highest BCUT2D eigenvalue weighted by Crippen LogP contribution is 2.87. The van der Waals surface area contributed by atoms with Crippen molar-refractivity contribution in [2.24, 2.45) is 34.0 Å². The number of rotatable bonds is 3. The van der Waals surface area contributed by atoms with Gasteiger partial charge in [0.25, 0.3) is 0 Å². The van der Waals surface area contributed by atoms with Crippen LogP contribution in [0.3, 0.4) is 0 Å². The third-order valence-electron chi connectivity index (χ3n) is 11.6. The average molecular weight is 447 g/mol. The minimum absolute atomic E-state index is 0.0196. The van der Waals surface area contributed by atoms with Gasteiger partial charge in [0.2, 0.25) is 0 Å². The molecule has 0 aromatic rings. The van der Waals surface area contributed by atoms with Crippen LogP contribution in [0.1, 0.15) is 67.7 Å². The predicted octanol–water partition coefficient (Wildman–Crippen LogP) is 5.11. The first-order chi connectivity index (χ1) is 14.0. The Morgan fingerprint density at radius 1 is 1.26 bits per heavy atom. The van der Waals surface area contributed by atoms with Gasteiger partial charge in [-0.15, -0.1) is 0 Å². The fourth-order valence-electron chi connectivity index (χ4n) is 8.90. The van der Waals surface area contributed by atoms with E-state index in [-0.39, 0.29) is 34.4 Å². The van der Waals surface area contributed by atoms with Gasteiger partial charge in [0, 0.05) is 11.3 Å². The van der Waals surface area contributed by atoms with E-state index < -0.39 is 30.9 Å². The molecule has 9 atom stereocenters. The van der Waals surface area contributed by atoms with Crippen LogP contribution in [-0.4, -0.2) is 43.1 Å². The predicted molar refractivity (Wildman–Crippen MR) is 124 cm³/mol. The zero-order valence-electron chi connectivity index (χ0n) is 21.0. The molecular formula is C26H42O4Si. The summed E-state index contributed by atoms with van der Waals surface area (Å²) in [5, 5.41) is 11.5. The maximum atomic E-state index is 13.9. The summed E-state index contributed by atoms with van der Waals surface area (Å²) in [6.45, 7) is 24.7. The molecule has 5 heteroatoms. The molecule has 174 valence electrons. The molecule has 0 amide bonds. The first-order valence-corrected chi connectivity index (χ1v) is 15.2. The van der Waals surface area contributed by atoms with Crippen molar-refractivity contribution in [2.75, 3.05) is 0 Å². The zero-order chi connectivity index (χ0) is 23.2. The SMILES string of the molecule is C=C1[C@@H](O[Si](C)(C)C(C)(C)C)[C@H]2O[C@@]23[C@@H]1C[C@]12CC[C@H](C(C)C)[C@@]1(C)[C@H](O)C(=O)[C@]32C. The van der Waals surface area contributed by atoms with Gasteiger partial charge in [-0.1, -0.05) is 48.1 Å². The normalized spacial score (nSPS) is 53.1. The first kappa shape index (κ1) is 22.3. The number of Topliss-reactive ketones (excluding diaryl/α,β-unsaturated/α-hetero) is 1. The lowest BCUT2D eigenvalue weighted by Gasteiger charge is -2.47. The number of hydrogen-bond donors (Lipinski definition) is 1. The van der Waals surface area contributed by atoms with Crippen LogP contribution < -0.4 is 0 Å². The summed E-state index contributed by atoms with van der Waals surface area (Å²) in [5.41, 5.74) is -0.654. The van der Waals surface area contributed by atoms with Gasteiger partial charge in [-0.2, -0.15) is 0 Å². The number of ketones is 1. The van der Waals surface area contributed by atoms with E-state index in [1.165, 1.54) is 0 Å². The number of aliphatic hydroxyl groups is 1. The van der Waals surface area contributed by atoms with E-state index in [1.807, 2.05) is 0 Å². The number of carbonyl (C=O) groups is 1. The lowest BCUT2D eigenvalue weighted by atomic mass is 9.55. The molecule has 5 rings (SSSR count). The van der Waals surface area contributed by atoms with Gasteiger partial charge in [0.1, 0.15) is 17.8 Å². The second-order valence-corrected chi connectivity index (χ2v) is 18.4. The largest absolute Gasteiger partial charge is 0.407 e. The summed E-state index contributed by atoms with van der Waals surface area (Å²) in [6.07, 6.45) is 1.86. The number of aliphatic hydroxyl groups excluding tert-OH is 1. The Hall–Kier alpha value is -0.493. The molecule has 4 saturated carbocycles. The van der Waals surface area contributed by atoms with Crippen molar-refractivity contribution >= 4 is 14.1 Å². The van der Waals surface area contributed by atoms with E-state index in [9.17, 15) is 9.90 Å². The van der Waals surface area contributed by atoms with E-state index in [2.05, 4.69) is 68.1 Å². The molecule has 0 bridgehead atoms. The van der Waals surface area contributed by atoms with Crippen molar-refractivity contribution in [2.45, 2.75) is 110 Å². The van der Waals surface area contributed by atoms with Crippen LogP contribution >= 0.6 is 0 Å². The van der Waals surface area contributed by atoms with Crippen molar-refractivity contribution in [3.8, 4) is 0 Å². The van der Waals surface area contributed by atoms with Gasteiger partial charge >= 0.3 is 0 Å². The van der Waals surface area contributed by atoms with Gasteiger partial charge < -0.3 is 14.3 Å². The Morgan fingerprint density at radius 2 is 1.87 bits per heavy atom. The molecule has 5 aliphatic rings. The summed E-state index contributed by atoms with van der Waals surface area (Å²) in [4.78, 5) is 13.9. The van der Waals surface area contributed by atoms with Crippen molar-refractivity contribution in [1.29, 1.82) is 0 Å². The van der Waals surface area contributed by atoms with Gasteiger partial charge in [0.15, 0.2) is 14.1 Å². The Morgan fingerprint density at radius 3 is 2.42 bits per heavy atom. The molecule has 4 aliphatic carbocycles. The van der Waals surface area contributed by atoms with Crippen LogP contribution in [0.2, 0.25) is 18.1 Å². The molecule has 1 aliphatic heterocycles. The molecule has 31 heavy (non-hydrogen) atoms. The second-order valence-electron chi connectivity index (χ2n) is 13.6. The molecule has 0 aromatic heterocycles. The monoisotopic (exact) mass is 446 g/mol. The van der Waals surface area contributed by atoms with Crippen LogP contribution in [0.5, 0.6) is 0 Å². The molecule has 1 N–H and O–H groups in total. The fourth-order valence-corrected chi connectivity index (χ4v) is 10.2. The zero-order valence-corrected chi connectivity index (χ0v) is 22.0. The number of ether oxygens (including phenoxy) is 1. The second kappa shape index (κ2) is 5.76. The molecule has 1 saturated heterocycles. The van der Waals surface area contributed by atoms with Crippen LogP contribution in [0.15, 0.2) is 12.2 Å². The lowest BCUT2D eigenvalue weighted by Crippen LogP contribution is -2.49. The number of carbonyl (C=O) groups excluding carboxylic acids is 1. The number of hydrogen-bond acceptors (Lipinski definition) is 4. The molecule has 2 spiro atoms. The molecule has 0 radical (unpaired) electrons. The average Bonchev–Trinajstić information content (AvgIpc) is 3.15.